The molecular formula is C27H27Cl2N7O2S. The number of carbonyl (C=O) groups excluding carboxylic acids is 2. The summed E-state index contributed by atoms with van der Waals surface area (Å²) in [4.78, 5) is 46.7. The molecule has 0 saturated carbocycles. The number of hydrogen-bond acceptors (Lipinski definition) is 7. The van der Waals surface area contributed by atoms with Gasteiger partial charge in [-0.1, -0.05) is 23.2 Å². The molecule has 1 atom stereocenters. The van der Waals surface area contributed by atoms with Crippen molar-refractivity contribution in [2.45, 2.75) is 31.7 Å². The standard InChI is InChI=1S/C27H27Cl2N7O2S/c28-16-3-4-20-23(11-16)34-26(32-20)21(5-6-24(37)36-9-10-39-15-36)33-25-18-12-19(29)17(13-22(18)30-14-31-25)27(38)35-7-1-2-8-35/h3-4,11-14,21H,1-2,5-10,15H2,(H,32,34)(H,30,31,33). The predicted octanol–water partition coefficient (Wildman–Crippen LogP) is 5.52. The Morgan fingerprint density at radius 3 is 2.69 bits per heavy atom. The van der Waals surface area contributed by atoms with Crippen LogP contribution in [0.15, 0.2) is 36.7 Å². The van der Waals surface area contributed by atoms with Gasteiger partial charge in [0, 0.05) is 42.2 Å². The molecule has 9 nitrogen and oxygen atoms in total. The van der Waals surface area contributed by atoms with Crippen LogP contribution >= 0.6 is 35.0 Å². The summed E-state index contributed by atoms with van der Waals surface area (Å²) in [5, 5.41) is 5.14. The van der Waals surface area contributed by atoms with E-state index in [-0.39, 0.29) is 17.9 Å². The Hall–Kier alpha value is -3.08. The van der Waals surface area contributed by atoms with Gasteiger partial charge in [0.1, 0.15) is 18.0 Å². The summed E-state index contributed by atoms with van der Waals surface area (Å²) in [5.41, 5.74) is 2.65. The fourth-order valence-corrected chi connectivity index (χ4v) is 6.48. The van der Waals surface area contributed by atoms with Gasteiger partial charge in [0.25, 0.3) is 5.91 Å². The van der Waals surface area contributed by atoms with Gasteiger partial charge in [-0.05, 0) is 49.6 Å². The third-order valence-corrected chi connectivity index (χ3v) is 8.72. The van der Waals surface area contributed by atoms with Crippen LogP contribution in [0.1, 0.15) is 47.9 Å². The molecular weight excluding hydrogens is 557 g/mol. The molecule has 4 heterocycles. The number of H-pyrrole nitrogens is 1. The number of amides is 2. The van der Waals surface area contributed by atoms with Crippen molar-refractivity contribution in [2.24, 2.45) is 0 Å². The highest BCUT2D eigenvalue weighted by Gasteiger charge is 2.25. The summed E-state index contributed by atoms with van der Waals surface area (Å²) in [7, 11) is 0. The summed E-state index contributed by atoms with van der Waals surface area (Å²) in [6.07, 6.45) is 4.32. The van der Waals surface area contributed by atoms with Crippen molar-refractivity contribution in [3.8, 4) is 0 Å². The highest BCUT2D eigenvalue weighted by atomic mass is 35.5. The third kappa shape index (κ3) is 5.50. The first-order valence-corrected chi connectivity index (χ1v) is 14.9. The van der Waals surface area contributed by atoms with Crippen molar-refractivity contribution in [2.75, 3.05) is 36.6 Å². The molecule has 202 valence electrons. The second kappa shape index (κ2) is 11.2. The van der Waals surface area contributed by atoms with Crippen molar-refractivity contribution < 1.29 is 9.59 Å². The Kier molecular flexibility index (Phi) is 7.51. The van der Waals surface area contributed by atoms with Crippen LogP contribution in [0.4, 0.5) is 5.82 Å². The van der Waals surface area contributed by atoms with E-state index in [0.717, 1.165) is 55.1 Å². The first kappa shape index (κ1) is 26.2. The lowest BCUT2D eigenvalue weighted by Crippen LogP contribution is -2.28. The minimum absolute atomic E-state index is 0.0788. The van der Waals surface area contributed by atoms with Crippen LogP contribution in [0.3, 0.4) is 0 Å². The molecule has 2 N–H and O–H groups in total. The summed E-state index contributed by atoms with van der Waals surface area (Å²) in [6, 6.07) is 8.61. The highest BCUT2D eigenvalue weighted by Crippen LogP contribution is 2.32. The van der Waals surface area contributed by atoms with Gasteiger partial charge in [-0.3, -0.25) is 9.59 Å². The molecule has 0 radical (unpaired) electrons. The molecule has 2 aromatic carbocycles. The van der Waals surface area contributed by atoms with Crippen LogP contribution in [-0.2, 0) is 4.79 Å². The molecule has 2 amide bonds. The third-order valence-electron chi connectivity index (χ3n) is 7.20. The van der Waals surface area contributed by atoms with Crippen LogP contribution in [0.25, 0.3) is 21.9 Å². The molecule has 2 saturated heterocycles. The van der Waals surface area contributed by atoms with Gasteiger partial charge in [-0.25, -0.2) is 15.0 Å². The number of nitrogens with zero attached hydrogens (tertiary/aromatic N) is 5. The molecule has 2 aliphatic heterocycles. The lowest BCUT2D eigenvalue weighted by molar-refractivity contribution is -0.129. The van der Waals surface area contributed by atoms with E-state index < -0.39 is 0 Å². The number of benzene rings is 2. The molecule has 0 aliphatic carbocycles. The maximum atomic E-state index is 13.0. The summed E-state index contributed by atoms with van der Waals surface area (Å²) in [5.74, 6) is 2.96. The zero-order valence-corrected chi connectivity index (χ0v) is 23.5. The summed E-state index contributed by atoms with van der Waals surface area (Å²) >= 11 is 14.6. The maximum absolute atomic E-state index is 13.0. The quantitative estimate of drug-likeness (QED) is 0.295. The molecule has 12 heteroatoms. The fourth-order valence-electron chi connectivity index (χ4n) is 5.09. The van der Waals surface area contributed by atoms with E-state index in [9.17, 15) is 9.59 Å². The number of anilines is 1. The number of carbonyl (C=O) groups is 2. The van der Waals surface area contributed by atoms with Crippen LogP contribution in [0.2, 0.25) is 10.0 Å². The van der Waals surface area contributed by atoms with Crippen LogP contribution in [0, 0.1) is 0 Å². The van der Waals surface area contributed by atoms with E-state index >= 15 is 0 Å². The lowest BCUT2D eigenvalue weighted by atomic mass is 10.1. The second-order valence-electron chi connectivity index (χ2n) is 9.78. The SMILES string of the molecule is O=C(CCC(Nc1ncnc2cc(C(=O)N3CCCC3)c(Cl)cc12)c1nc2ccc(Cl)cc2[nH]1)N1CCSC1. The molecule has 2 fully saturated rings. The van der Waals surface area contributed by atoms with Crippen molar-refractivity contribution in [3.05, 3.63) is 58.1 Å². The Bertz CT molecular complexity index is 1550. The van der Waals surface area contributed by atoms with Crippen LogP contribution in [0.5, 0.6) is 0 Å². The van der Waals surface area contributed by atoms with Gasteiger partial charge >= 0.3 is 0 Å². The number of likely N-dealkylation sites (tertiary alicyclic amines) is 1. The van der Waals surface area contributed by atoms with E-state index in [1.54, 1.807) is 30.0 Å². The second-order valence-corrected chi connectivity index (χ2v) is 11.7. The van der Waals surface area contributed by atoms with Gasteiger partial charge in [-0.2, -0.15) is 0 Å². The molecule has 2 aliphatic rings. The first-order chi connectivity index (χ1) is 19.0. The normalized spacial score (nSPS) is 16.4. The molecule has 2 aromatic heterocycles. The number of aromatic nitrogens is 4. The molecule has 6 rings (SSSR count). The average Bonchev–Trinajstić information content (AvgIpc) is 3.72. The first-order valence-electron chi connectivity index (χ1n) is 13.0. The van der Waals surface area contributed by atoms with Crippen molar-refractivity contribution in [1.82, 2.24) is 29.7 Å². The number of nitrogens with one attached hydrogen (secondary N) is 2. The Balaban J connectivity index is 1.32. The topological polar surface area (TPSA) is 107 Å². The van der Waals surface area contributed by atoms with Crippen LogP contribution < -0.4 is 5.32 Å². The zero-order valence-electron chi connectivity index (χ0n) is 21.1. The number of imidazole rings is 1. The largest absolute Gasteiger partial charge is 0.359 e. The van der Waals surface area contributed by atoms with Crippen LogP contribution in [-0.4, -0.2) is 72.8 Å². The number of hydrogen-bond donors (Lipinski definition) is 2. The molecule has 39 heavy (non-hydrogen) atoms. The minimum atomic E-state index is -0.349. The average molecular weight is 585 g/mol. The monoisotopic (exact) mass is 583 g/mol. The van der Waals surface area contributed by atoms with Gasteiger partial charge in [0.05, 0.1) is 39.1 Å². The van der Waals surface area contributed by atoms with Crippen molar-refractivity contribution in [1.29, 1.82) is 0 Å². The van der Waals surface area contributed by atoms with E-state index in [4.69, 9.17) is 28.2 Å². The van der Waals surface area contributed by atoms with E-state index in [1.165, 1.54) is 6.33 Å². The smallest absolute Gasteiger partial charge is 0.255 e. The Labute approximate surface area is 239 Å². The highest BCUT2D eigenvalue weighted by molar-refractivity contribution is 7.99. The summed E-state index contributed by atoms with van der Waals surface area (Å²) < 4.78 is 0. The van der Waals surface area contributed by atoms with Gasteiger partial charge in [-0.15, -0.1) is 11.8 Å². The molecule has 0 bridgehead atoms. The van der Waals surface area contributed by atoms with E-state index in [1.807, 2.05) is 21.9 Å². The fraction of sp³-hybridized carbons (Fsp3) is 0.370. The molecule has 0 spiro atoms. The lowest BCUT2D eigenvalue weighted by Gasteiger charge is -2.21. The number of fused-ring (bicyclic) bond motifs is 2. The number of rotatable bonds is 7. The van der Waals surface area contributed by atoms with Gasteiger partial charge in [0.15, 0.2) is 0 Å². The van der Waals surface area contributed by atoms with Gasteiger partial charge in [0.2, 0.25) is 5.91 Å². The summed E-state index contributed by atoms with van der Waals surface area (Å²) in [6.45, 7) is 2.25. The minimum Gasteiger partial charge on any atom is -0.359 e. The molecule has 4 aromatic rings. The zero-order chi connectivity index (χ0) is 26.9. The number of aromatic amines is 1. The number of thioether (sulfide) groups is 1. The Morgan fingerprint density at radius 2 is 1.90 bits per heavy atom. The van der Waals surface area contributed by atoms with Gasteiger partial charge < -0.3 is 20.1 Å². The van der Waals surface area contributed by atoms with Crippen molar-refractivity contribution in [3.63, 3.8) is 0 Å². The molecule has 1 unspecified atom stereocenters. The Morgan fingerprint density at radius 1 is 1.05 bits per heavy atom. The maximum Gasteiger partial charge on any atom is 0.255 e. The predicted molar refractivity (Wildman–Crippen MR) is 155 cm³/mol. The van der Waals surface area contributed by atoms with E-state index in [2.05, 4.69) is 20.3 Å². The van der Waals surface area contributed by atoms with E-state index in [0.29, 0.717) is 51.0 Å². The van der Waals surface area contributed by atoms with Crippen molar-refractivity contribution >= 4 is 74.5 Å². The number of halogens is 2.